The summed E-state index contributed by atoms with van der Waals surface area (Å²) in [5.74, 6) is -2.62. The summed E-state index contributed by atoms with van der Waals surface area (Å²) in [4.78, 5) is 99.4. The molecule has 29 heteroatoms. The van der Waals surface area contributed by atoms with Gasteiger partial charge in [0.05, 0.1) is 71.2 Å². The zero-order chi connectivity index (χ0) is 93.7. The van der Waals surface area contributed by atoms with Gasteiger partial charge >= 0.3 is 23.9 Å². The molecule has 1 heterocycles. The molecule has 1 saturated heterocycles. The van der Waals surface area contributed by atoms with E-state index < -0.39 is 94.7 Å². The highest BCUT2D eigenvalue weighted by molar-refractivity contribution is 6.35. The van der Waals surface area contributed by atoms with E-state index in [9.17, 15) is 57.4 Å². The third kappa shape index (κ3) is 23.0. The number of hydrogen-bond donors (Lipinski definition) is 6. The van der Waals surface area contributed by atoms with Gasteiger partial charge in [-0.1, -0.05) is 111 Å². The molecule has 0 aromatic heterocycles. The molecule has 7 aromatic carbocycles. The number of likely N-dealkylation sites (tertiary alicyclic amines) is 1. The summed E-state index contributed by atoms with van der Waals surface area (Å²) in [5.41, 5.74) is 3.20. The van der Waals surface area contributed by atoms with Crippen LogP contribution in [0, 0.1) is 92.8 Å². The molecule has 3 amide bonds. The lowest BCUT2D eigenvalue weighted by molar-refractivity contribution is -0.143. The van der Waals surface area contributed by atoms with E-state index in [-0.39, 0.29) is 86.9 Å². The van der Waals surface area contributed by atoms with Crippen LogP contribution < -0.4 is 34.3 Å². The van der Waals surface area contributed by atoms with Crippen LogP contribution in [-0.4, -0.2) is 143 Å². The second kappa shape index (κ2) is 40.3. The van der Waals surface area contributed by atoms with E-state index >= 15 is 8.78 Å². The summed E-state index contributed by atoms with van der Waals surface area (Å²) < 4.78 is 89.1. The Kier molecular flexibility index (Phi) is 29.7. The first-order chi connectivity index (χ1) is 62.9. The third-order valence-corrected chi connectivity index (χ3v) is 30.5. The smallest absolute Gasteiger partial charge is 0.329 e. The van der Waals surface area contributed by atoms with Crippen LogP contribution in [0.1, 0.15) is 275 Å². The molecular formula is C104H118Cl4F4N4O17. The fourth-order valence-electron chi connectivity index (χ4n) is 22.7. The summed E-state index contributed by atoms with van der Waals surface area (Å²) in [6.45, 7) is 8.60. The predicted octanol–water partition coefficient (Wildman–Crippen LogP) is 23.1. The number of rotatable bonds is 34. The van der Waals surface area contributed by atoms with Crippen LogP contribution in [0.4, 0.5) is 17.6 Å². The lowest BCUT2D eigenvalue weighted by Crippen LogP contribution is -2.58. The third-order valence-electron chi connectivity index (χ3n) is 29.5. The quantitative estimate of drug-likeness (QED) is 0.0161. The normalized spacial score (nSPS) is 24.1. The van der Waals surface area contributed by atoms with E-state index in [1.165, 1.54) is 115 Å². The molecule has 14 aliphatic rings. The van der Waals surface area contributed by atoms with Gasteiger partial charge in [0.15, 0.2) is 5.78 Å². The first-order valence-electron chi connectivity index (χ1n) is 46.4. The number of nitrogens with one attached hydrogen (secondary N) is 2. The van der Waals surface area contributed by atoms with Crippen LogP contribution in [0.2, 0.25) is 20.1 Å². The van der Waals surface area contributed by atoms with Crippen molar-refractivity contribution >= 4 is 93.8 Å². The number of ketones is 1. The van der Waals surface area contributed by atoms with Crippen LogP contribution in [-0.2, 0) is 19.2 Å². The van der Waals surface area contributed by atoms with Crippen molar-refractivity contribution in [1.82, 2.24) is 20.4 Å². The molecule has 7 aromatic rings. The van der Waals surface area contributed by atoms with Crippen molar-refractivity contribution in [3.05, 3.63) is 209 Å². The Bertz CT molecular complexity index is 5490. The van der Waals surface area contributed by atoms with Gasteiger partial charge in [-0.15, -0.1) is 0 Å². The van der Waals surface area contributed by atoms with Gasteiger partial charge in [-0.05, 0) is 289 Å². The minimum Gasteiger partial charge on any atom is -0.495 e. The number of nitrogens with zero attached hydrogens (tertiary/aromatic N) is 2. The number of aliphatic carboxylic acids is 4. The second-order valence-corrected chi connectivity index (χ2v) is 42.2. The van der Waals surface area contributed by atoms with Crippen LogP contribution in [0.3, 0.4) is 0 Å². The molecule has 14 fully saturated rings. The van der Waals surface area contributed by atoms with Crippen LogP contribution in [0.5, 0.6) is 34.5 Å². The maximum atomic E-state index is 15.2. The van der Waals surface area contributed by atoms with Crippen LogP contribution in [0.15, 0.2) is 115 Å². The largest absolute Gasteiger partial charge is 0.495 e. The van der Waals surface area contributed by atoms with Gasteiger partial charge in [0.2, 0.25) is 0 Å². The lowest BCUT2D eigenvalue weighted by atomic mass is 9.50. The molecule has 4 atom stereocenters. The molecule has 8 bridgehead atoms. The highest BCUT2D eigenvalue weighted by Gasteiger charge is 2.55. The number of halogens is 8. The Morgan fingerprint density at radius 1 is 0.526 bits per heavy atom. The maximum absolute atomic E-state index is 15.2. The maximum Gasteiger partial charge on any atom is 0.329 e. The SMILES string of the molecule is C.CC1(COc2cc(F)c(C(=O)N[C@H](C(=O)O)C3CC3)cc2C2CC2)CN([C@H](c2ccccc2)c2cc(Cl)cc(Cl)c2)C1.CC[C@H](C)[C@H](CC(=O)c1cc(C2CC2)c(OCC23CC4CC(CC(C4)C2)C3)cc1F)C(=O)O.CN(CC(=O)O)C(=O)c1cc(C2CC2)c(OCC23CC4CC(CC(C4)C2)C3)cc1F.COc1ccc(Oc2cc(F)c(C(=O)NC3(C(=O)O)CC3)cc2Cl)cc1Cl. The van der Waals surface area contributed by atoms with E-state index in [4.69, 9.17) is 80.3 Å². The van der Waals surface area contributed by atoms with Gasteiger partial charge in [0.1, 0.15) is 75.9 Å². The Morgan fingerprint density at radius 3 is 1.41 bits per heavy atom. The first kappa shape index (κ1) is 97.9. The summed E-state index contributed by atoms with van der Waals surface area (Å²) in [6.07, 6.45) is 24.2. The molecular weight excluding hydrogens is 1790 g/mol. The van der Waals surface area contributed by atoms with Crippen LogP contribution >= 0.6 is 46.4 Å². The Morgan fingerprint density at radius 2 is 0.977 bits per heavy atom. The first-order valence-corrected chi connectivity index (χ1v) is 47.9. The second-order valence-electron chi connectivity index (χ2n) is 40.5. The van der Waals surface area contributed by atoms with E-state index in [0.717, 1.165) is 145 Å². The number of hydrogen-bond acceptors (Lipinski definition) is 14. The minimum absolute atomic E-state index is 0. The lowest BCUT2D eigenvalue weighted by Gasteiger charge is -2.56. The number of carboxylic acid groups (broad SMARTS) is 4. The molecule has 0 spiro atoms. The Labute approximate surface area is 793 Å². The average Bonchev–Trinajstić information content (AvgIpc) is 1.70. The zero-order valence-corrected chi connectivity index (χ0v) is 77.8. The van der Waals surface area contributed by atoms with E-state index in [1.54, 1.807) is 36.4 Å². The van der Waals surface area contributed by atoms with Gasteiger partial charge in [0.25, 0.3) is 17.7 Å². The molecule has 712 valence electrons. The molecule has 0 radical (unpaired) electrons. The molecule has 21 nitrogen and oxygen atoms in total. The Hall–Kier alpha value is -9.66. The topological polar surface area (TPSA) is 294 Å². The standard InChI is InChI=1S/C33H33Cl2FN2O4.C28H37FO4.C24H30FNO4.C18H14Cl2FNO5.CH4/c1-33(16-38(17-33)30(21-5-3-2-4-6-21)22-11-23(34)13-24(35)12-22)18-42-28-15-27(36)26(14-25(28)19-7-8-19)31(39)37-29(32(40)41)20-9-10-20;1-3-16(2)21(27(31)32)10-25(30)23-9-22(20-4-5-20)26(11-24(23)29)33-15-28-12-17-6-18(13-28)8-19(7-17)14-28;1-26(12-22(27)28)23(29)19-7-18(17-2-3-17)21(8-20(19)25)30-13-24-9-14-4-15(10-24)6-16(5-14)11-24;1-26-14-3-2-9(6-11(14)19)27-15-8-13(21)10(7-12(15)20)16(23)22-18(4-5-18)17(24)25;/h2-6,11-15,19-20,29-30H,7-10,16-18H2,1H3,(H,37,39)(H,40,41);9,11,16-21H,3-8,10,12-15H2,1-2H3,(H,31,32);7-8,14-17H,2-6,9-13H2,1H3,(H,27,28);2-3,6-8H,4-5H2,1H3,(H,22,23)(H,24,25);1H4/t29-,30+;16-,17?,18?,19?,21-,28?;;;/m00.../s1. The average molecular weight is 1910 g/mol. The van der Waals surface area contributed by atoms with Gasteiger partial charge in [-0.2, -0.15) is 0 Å². The van der Waals surface area contributed by atoms with Gasteiger partial charge in [-0.25, -0.2) is 27.2 Å². The number of carboxylic acids is 4. The molecule has 133 heavy (non-hydrogen) atoms. The Balaban J connectivity index is 0.000000137. The van der Waals surface area contributed by atoms with E-state index in [2.05, 4.69) is 34.6 Å². The number of methoxy groups -OCH3 is 1. The number of ether oxygens (including phenoxy) is 5. The van der Waals surface area contributed by atoms with Crippen molar-refractivity contribution in [3.63, 3.8) is 0 Å². The summed E-state index contributed by atoms with van der Waals surface area (Å²) in [6, 6.07) is 30.3. The number of carbonyl (C=O) groups excluding carboxylic acids is 4. The van der Waals surface area contributed by atoms with Crippen molar-refractivity contribution in [1.29, 1.82) is 0 Å². The predicted molar refractivity (Wildman–Crippen MR) is 496 cm³/mol. The van der Waals surface area contributed by atoms with Crippen molar-refractivity contribution in [2.24, 2.45) is 69.5 Å². The number of benzene rings is 7. The highest BCUT2D eigenvalue weighted by atomic mass is 35.5. The van der Waals surface area contributed by atoms with Gasteiger partial charge < -0.3 is 59.6 Å². The highest BCUT2D eigenvalue weighted by Crippen LogP contribution is 2.63. The van der Waals surface area contributed by atoms with Gasteiger partial charge in [0, 0.05) is 83.2 Å². The van der Waals surface area contributed by atoms with Crippen molar-refractivity contribution in [2.45, 2.75) is 218 Å². The summed E-state index contributed by atoms with van der Waals surface area (Å²) in [5, 5.41) is 43.4. The van der Waals surface area contributed by atoms with E-state index in [1.807, 2.05) is 44.2 Å². The van der Waals surface area contributed by atoms with Crippen molar-refractivity contribution in [2.75, 3.05) is 53.6 Å². The monoisotopic (exact) mass is 1910 g/mol. The van der Waals surface area contributed by atoms with Crippen LogP contribution in [0.25, 0.3) is 0 Å². The van der Waals surface area contributed by atoms with Crippen molar-refractivity contribution < 1.29 is 100 Å². The molecule has 13 saturated carbocycles. The molecule has 13 aliphatic carbocycles. The number of amides is 3. The van der Waals surface area contributed by atoms with Gasteiger partial charge in [-0.3, -0.25) is 33.7 Å². The summed E-state index contributed by atoms with van der Waals surface area (Å²) >= 11 is 24.8. The minimum atomic E-state index is -1.33. The fraction of sp³-hybridized carbons (Fsp3) is 0.519. The number of likely N-dealkylation sites (N-methyl/N-ethyl adjacent to an activating group) is 1. The summed E-state index contributed by atoms with van der Waals surface area (Å²) in [7, 11) is 2.85. The number of carbonyl (C=O) groups is 8. The molecule has 0 unspecified atom stereocenters. The van der Waals surface area contributed by atoms with Crippen molar-refractivity contribution in [3.8, 4) is 34.5 Å². The molecule has 6 N–H and O–H groups in total. The fourth-order valence-corrected chi connectivity index (χ4v) is 23.7. The molecule has 1 aliphatic heterocycles. The number of Topliss-reactive ketones (excluding diaryl/α,β-unsaturated/α-hetero) is 1. The molecule has 21 rings (SSSR count). The zero-order valence-electron chi connectivity index (χ0n) is 74.8. The van der Waals surface area contributed by atoms with E-state index in [0.29, 0.717) is 94.7 Å².